The first kappa shape index (κ1) is 15.0. The van der Waals surface area contributed by atoms with E-state index in [9.17, 15) is 4.79 Å². The lowest BCUT2D eigenvalue weighted by atomic mass is 10.1. The molecule has 0 unspecified atom stereocenters. The fraction of sp³-hybridized carbons (Fsp3) is 0.462. The van der Waals surface area contributed by atoms with Crippen molar-refractivity contribution in [2.45, 2.75) is 19.3 Å². The summed E-state index contributed by atoms with van der Waals surface area (Å²) >= 11 is 3.41. The highest BCUT2D eigenvalue weighted by Crippen LogP contribution is 2.25. The number of hydrogen-bond acceptors (Lipinski definition) is 3. The van der Waals surface area contributed by atoms with Crippen LogP contribution < -0.4 is 10.1 Å². The zero-order valence-electron chi connectivity index (χ0n) is 10.4. The Labute approximate surface area is 115 Å². The lowest BCUT2D eigenvalue weighted by Gasteiger charge is -2.07. The summed E-state index contributed by atoms with van der Waals surface area (Å²) in [5.41, 5.74) is 1.08. The van der Waals surface area contributed by atoms with Gasteiger partial charge in [-0.15, -0.1) is 0 Å². The molecular weight excluding hydrogens is 298 g/mol. The fourth-order valence-corrected chi connectivity index (χ4v) is 2.11. The Bertz CT molecular complexity index is 396. The minimum Gasteiger partial charge on any atom is -0.496 e. The Kier molecular flexibility index (Phi) is 6.75. The van der Waals surface area contributed by atoms with Crippen LogP contribution in [0.1, 0.15) is 18.4 Å². The molecule has 0 radical (unpaired) electrons. The normalized spacial score (nSPS) is 10.2. The molecule has 0 saturated carbocycles. The van der Waals surface area contributed by atoms with Gasteiger partial charge in [0.2, 0.25) is 5.91 Å². The third-order valence-corrected chi connectivity index (χ3v) is 3.13. The average Bonchev–Trinajstić information content (AvgIpc) is 2.37. The van der Waals surface area contributed by atoms with Gasteiger partial charge < -0.3 is 15.2 Å². The summed E-state index contributed by atoms with van der Waals surface area (Å²) in [5, 5.41) is 11.4. The minimum atomic E-state index is 0.00962. The lowest BCUT2D eigenvalue weighted by Crippen LogP contribution is -2.25. The van der Waals surface area contributed by atoms with Gasteiger partial charge in [-0.3, -0.25) is 4.79 Å². The van der Waals surface area contributed by atoms with Crippen LogP contribution in [0.25, 0.3) is 0 Å². The summed E-state index contributed by atoms with van der Waals surface area (Å²) in [6.45, 7) is 0.632. The summed E-state index contributed by atoms with van der Waals surface area (Å²) in [6.07, 6.45) is 1.73. The van der Waals surface area contributed by atoms with Crippen LogP contribution in [-0.2, 0) is 11.2 Å². The van der Waals surface area contributed by atoms with Crippen molar-refractivity contribution in [3.63, 3.8) is 0 Å². The van der Waals surface area contributed by atoms with Crippen LogP contribution in [0.15, 0.2) is 22.7 Å². The molecule has 100 valence electrons. The molecule has 0 atom stereocenters. The van der Waals surface area contributed by atoms with Crippen LogP contribution in [-0.4, -0.2) is 31.3 Å². The molecule has 0 aliphatic carbocycles. The molecular formula is C13H18BrNO3. The van der Waals surface area contributed by atoms with E-state index in [4.69, 9.17) is 9.84 Å². The third kappa shape index (κ3) is 5.06. The molecule has 0 fully saturated rings. The molecule has 0 aliphatic rings. The van der Waals surface area contributed by atoms with E-state index < -0.39 is 0 Å². The molecule has 0 spiro atoms. The monoisotopic (exact) mass is 315 g/mol. The summed E-state index contributed by atoms with van der Waals surface area (Å²) < 4.78 is 6.03. The van der Waals surface area contributed by atoms with Crippen molar-refractivity contribution < 1.29 is 14.6 Å². The van der Waals surface area contributed by atoms with Crippen LogP contribution in [0.3, 0.4) is 0 Å². The molecule has 1 amide bonds. The molecule has 1 aromatic carbocycles. The van der Waals surface area contributed by atoms with Crippen molar-refractivity contribution in [3.8, 4) is 5.75 Å². The second kappa shape index (κ2) is 8.11. The first-order chi connectivity index (χ1) is 8.67. The number of rotatable bonds is 7. The van der Waals surface area contributed by atoms with E-state index in [1.54, 1.807) is 7.11 Å². The minimum absolute atomic E-state index is 0.00962. The van der Waals surface area contributed by atoms with E-state index in [-0.39, 0.29) is 12.5 Å². The van der Waals surface area contributed by atoms with Gasteiger partial charge in [0.05, 0.1) is 11.6 Å². The molecule has 5 heteroatoms. The summed E-state index contributed by atoms with van der Waals surface area (Å²) in [4.78, 5) is 11.5. The standard InChI is InChI=1S/C13H18BrNO3/c1-18-12-5-3-10(9-11(12)14)4-6-13(17)15-7-2-8-16/h3,5,9,16H,2,4,6-8H2,1H3,(H,15,17). The molecule has 2 N–H and O–H groups in total. The van der Waals surface area contributed by atoms with Crippen molar-refractivity contribution >= 4 is 21.8 Å². The number of methoxy groups -OCH3 is 1. The summed E-state index contributed by atoms with van der Waals surface area (Å²) in [7, 11) is 1.62. The molecule has 0 saturated heterocycles. The van der Waals surface area contributed by atoms with Crippen LogP contribution in [0.5, 0.6) is 5.75 Å². The highest BCUT2D eigenvalue weighted by atomic mass is 79.9. The summed E-state index contributed by atoms with van der Waals surface area (Å²) in [6, 6.07) is 5.79. The van der Waals surface area contributed by atoms with E-state index >= 15 is 0 Å². The maximum Gasteiger partial charge on any atom is 0.220 e. The Morgan fingerprint density at radius 3 is 2.89 bits per heavy atom. The van der Waals surface area contributed by atoms with Gasteiger partial charge in [-0.25, -0.2) is 0 Å². The molecule has 0 aliphatic heterocycles. The van der Waals surface area contributed by atoms with Gasteiger partial charge in [0, 0.05) is 19.6 Å². The van der Waals surface area contributed by atoms with Gasteiger partial charge in [-0.2, -0.15) is 0 Å². The zero-order valence-corrected chi connectivity index (χ0v) is 12.0. The fourth-order valence-electron chi connectivity index (χ4n) is 1.52. The quantitative estimate of drug-likeness (QED) is 0.755. The Balaban J connectivity index is 2.39. The number of benzene rings is 1. The van der Waals surface area contributed by atoms with Crippen molar-refractivity contribution in [2.75, 3.05) is 20.3 Å². The zero-order chi connectivity index (χ0) is 13.4. The number of aryl methyl sites for hydroxylation is 1. The van der Waals surface area contributed by atoms with Gasteiger partial charge in [0.15, 0.2) is 0 Å². The van der Waals surface area contributed by atoms with Crippen molar-refractivity contribution in [3.05, 3.63) is 28.2 Å². The van der Waals surface area contributed by atoms with Gasteiger partial charge in [-0.05, 0) is 46.5 Å². The van der Waals surface area contributed by atoms with Gasteiger partial charge in [0.25, 0.3) is 0 Å². The molecule has 1 rings (SSSR count). The number of hydrogen-bond donors (Lipinski definition) is 2. The topological polar surface area (TPSA) is 58.6 Å². The average molecular weight is 316 g/mol. The number of aliphatic hydroxyl groups excluding tert-OH is 1. The van der Waals surface area contributed by atoms with Crippen LogP contribution in [0, 0.1) is 0 Å². The van der Waals surface area contributed by atoms with E-state index in [1.807, 2.05) is 18.2 Å². The van der Waals surface area contributed by atoms with Crippen LogP contribution in [0.4, 0.5) is 0 Å². The molecule has 0 aromatic heterocycles. The van der Waals surface area contributed by atoms with E-state index in [0.717, 1.165) is 15.8 Å². The highest BCUT2D eigenvalue weighted by Gasteiger charge is 2.04. The van der Waals surface area contributed by atoms with Crippen molar-refractivity contribution in [2.24, 2.45) is 0 Å². The van der Waals surface area contributed by atoms with Gasteiger partial charge in [0.1, 0.15) is 5.75 Å². The third-order valence-electron chi connectivity index (χ3n) is 2.51. The number of aliphatic hydroxyl groups is 1. The second-order valence-corrected chi connectivity index (χ2v) is 4.75. The molecule has 0 heterocycles. The molecule has 1 aromatic rings. The van der Waals surface area contributed by atoms with Crippen LogP contribution >= 0.6 is 15.9 Å². The predicted octanol–water partition coefficient (Wildman–Crippen LogP) is 1.89. The largest absolute Gasteiger partial charge is 0.496 e. The maximum absolute atomic E-state index is 11.5. The Morgan fingerprint density at radius 1 is 1.50 bits per heavy atom. The van der Waals surface area contributed by atoms with Crippen molar-refractivity contribution in [1.82, 2.24) is 5.32 Å². The van der Waals surface area contributed by atoms with Crippen molar-refractivity contribution in [1.29, 1.82) is 0 Å². The number of carbonyl (C=O) groups excluding carboxylic acids is 1. The number of carbonyl (C=O) groups is 1. The Hall–Kier alpha value is -1.07. The smallest absolute Gasteiger partial charge is 0.220 e. The highest BCUT2D eigenvalue weighted by molar-refractivity contribution is 9.10. The molecule has 18 heavy (non-hydrogen) atoms. The van der Waals surface area contributed by atoms with Gasteiger partial charge in [-0.1, -0.05) is 6.07 Å². The number of amides is 1. The van der Waals surface area contributed by atoms with E-state index in [1.165, 1.54) is 0 Å². The second-order valence-electron chi connectivity index (χ2n) is 3.90. The van der Waals surface area contributed by atoms with Gasteiger partial charge >= 0.3 is 0 Å². The maximum atomic E-state index is 11.5. The first-order valence-electron chi connectivity index (χ1n) is 5.87. The SMILES string of the molecule is COc1ccc(CCC(=O)NCCCO)cc1Br. The predicted molar refractivity (Wildman–Crippen MR) is 73.7 cm³/mol. The molecule has 4 nitrogen and oxygen atoms in total. The molecule has 0 bridgehead atoms. The first-order valence-corrected chi connectivity index (χ1v) is 6.66. The van der Waals surface area contributed by atoms with E-state index in [2.05, 4.69) is 21.2 Å². The van der Waals surface area contributed by atoms with Crippen LogP contribution in [0.2, 0.25) is 0 Å². The Morgan fingerprint density at radius 2 is 2.28 bits per heavy atom. The number of ether oxygens (including phenoxy) is 1. The summed E-state index contributed by atoms with van der Waals surface area (Å²) in [5.74, 6) is 0.793. The lowest BCUT2D eigenvalue weighted by molar-refractivity contribution is -0.121. The number of nitrogens with one attached hydrogen (secondary N) is 1. The van der Waals surface area contributed by atoms with E-state index in [0.29, 0.717) is 25.8 Å². The number of halogens is 1.